The van der Waals surface area contributed by atoms with Crippen molar-refractivity contribution in [2.24, 2.45) is 0 Å². The van der Waals surface area contributed by atoms with E-state index in [0.29, 0.717) is 0 Å². The van der Waals surface area contributed by atoms with Crippen LogP contribution in [0, 0.1) is 23.8 Å². The van der Waals surface area contributed by atoms with Gasteiger partial charge in [0, 0.05) is 65.4 Å². The van der Waals surface area contributed by atoms with Crippen molar-refractivity contribution in [1.82, 2.24) is 0 Å². The minimum absolute atomic E-state index is 0. The van der Waals surface area contributed by atoms with Crippen LogP contribution in [0.25, 0.3) is 0 Å². The molecular weight excluding hydrogens is 324 g/mol. The summed E-state index contributed by atoms with van der Waals surface area (Å²) in [6.45, 7) is 3.45. The van der Waals surface area contributed by atoms with E-state index in [2.05, 4.69) is 12.1 Å². The smallest absolute Gasteiger partial charge is 0 e. The standard InChI is InChI=1S/C9H8F2.2Y/c1-6(2)9-7(10)4-3-5-8(9)11;;/h3,6H,1-2H3;;/q-2;;. The molecule has 4 heteroatoms. The third-order valence-electron chi connectivity index (χ3n) is 1.45. The van der Waals surface area contributed by atoms with Gasteiger partial charge in [0.1, 0.15) is 0 Å². The number of hydrogen-bond acceptors (Lipinski definition) is 0. The van der Waals surface area contributed by atoms with Gasteiger partial charge in [-0.15, -0.1) is 17.6 Å². The molecule has 0 aliphatic carbocycles. The molecular formula is C9H8F2Y2-2. The monoisotopic (exact) mass is 332 g/mol. The van der Waals surface area contributed by atoms with Gasteiger partial charge in [-0.1, -0.05) is 13.8 Å². The Morgan fingerprint density at radius 3 is 1.69 bits per heavy atom. The van der Waals surface area contributed by atoms with Gasteiger partial charge in [-0.3, -0.25) is 8.78 Å². The molecule has 0 aliphatic heterocycles. The van der Waals surface area contributed by atoms with Gasteiger partial charge >= 0.3 is 0 Å². The van der Waals surface area contributed by atoms with Crippen LogP contribution in [0.2, 0.25) is 0 Å². The quantitative estimate of drug-likeness (QED) is 0.694. The normalized spacial score (nSPS) is 9.00. The Morgan fingerprint density at radius 2 is 1.46 bits per heavy atom. The molecule has 0 amide bonds. The van der Waals surface area contributed by atoms with Crippen LogP contribution in [0.1, 0.15) is 25.3 Å². The molecule has 0 nitrogen and oxygen atoms in total. The van der Waals surface area contributed by atoms with Gasteiger partial charge in [0.2, 0.25) is 0 Å². The van der Waals surface area contributed by atoms with E-state index >= 15 is 0 Å². The summed E-state index contributed by atoms with van der Waals surface area (Å²) in [7, 11) is 0. The number of benzene rings is 1. The van der Waals surface area contributed by atoms with Crippen LogP contribution < -0.4 is 0 Å². The van der Waals surface area contributed by atoms with Crippen LogP contribution in [0.3, 0.4) is 0 Å². The van der Waals surface area contributed by atoms with Crippen molar-refractivity contribution in [3.8, 4) is 0 Å². The van der Waals surface area contributed by atoms with Crippen LogP contribution in [0.5, 0.6) is 0 Å². The zero-order valence-corrected chi connectivity index (χ0v) is 13.2. The molecule has 0 bridgehead atoms. The molecule has 1 rings (SSSR count). The molecule has 1 aromatic carbocycles. The summed E-state index contributed by atoms with van der Waals surface area (Å²) in [6.07, 6.45) is 0. The third-order valence-corrected chi connectivity index (χ3v) is 1.45. The molecule has 0 saturated carbocycles. The van der Waals surface area contributed by atoms with Crippen molar-refractivity contribution in [2.75, 3.05) is 0 Å². The van der Waals surface area contributed by atoms with Crippen molar-refractivity contribution >= 4 is 0 Å². The van der Waals surface area contributed by atoms with E-state index in [1.54, 1.807) is 13.8 Å². The first-order valence-corrected chi connectivity index (χ1v) is 3.40. The van der Waals surface area contributed by atoms with Crippen LogP contribution in [-0.4, -0.2) is 0 Å². The first-order valence-electron chi connectivity index (χ1n) is 3.40. The molecule has 0 fully saturated rings. The Balaban J connectivity index is 0. The van der Waals surface area contributed by atoms with E-state index < -0.39 is 11.6 Å². The van der Waals surface area contributed by atoms with Gasteiger partial charge in [-0.2, -0.15) is 0 Å². The van der Waals surface area contributed by atoms with Gasteiger partial charge in [0.15, 0.2) is 0 Å². The zero-order chi connectivity index (χ0) is 8.43. The molecule has 0 spiro atoms. The number of halogens is 2. The average molecular weight is 332 g/mol. The molecule has 0 heterocycles. The maximum atomic E-state index is 12.8. The van der Waals surface area contributed by atoms with Gasteiger partial charge < -0.3 is 18.2 Å². The fourth-order valence-electron chi connectivity index (χ4n) is 0.922. The summed E-state index contributed by atoms with van der Waals surface area (Å²) < 4.78 is 25.6. The molecule has 0 aromatic heterocycles. The minimum Gasteiger partial charge on any atom is -0.322 e. The fourth-order valence-corrected chi connectivity index (χ4v) is 0.922. The van der Waals surface area contributed by atoms with Gasteiger partial charge in [-0.05, 0) is 0 Å². The maximum Gasteiger partial charge on any atom is 0 e. The first-order chi connectivity index (χ1) is 5.13. The van der Waals surface area contributed by atoms with Crippen molar-refractivity contribution in [3.63, 3.8) is 0 Å². The third kappa shape index (κ3) is 4.55. The summed E-state index contributed by atoms with van der Waals surface area (Å²) in [5.41, 5.74) is 0.0625. The summed E-state index contributed by atoms with van der Waals surface area (Å²) in [5, 5.41) is 0. The molecule has 0 aliphatic rings. The maximum absolute atomic E-state index is 12.8. The van der Waals surface area contributed by atoms with E-state index in [9.17, 15) is 8.78 Å². The Morgan fingerprint density at radius 1 is 1.08 bits per heavy atom. The minimum atomic E-state index is -0.615. The van der Waals surface area contributed by atoms with Crippen molar-refractivity contribution in [3.05, 3.63) is 35.4 Å². The summed E-state index contributed by atoms with van der Waals surface area (Å²) in [5.74, 6) is -1.39. The topological polar surface area (TPSA) is 0 Å². The van der Waals surface area contributed by atoms with Crippen molar-refractivity contribution in [1.29, 1.82) is 0 Å². The Labute approximate surface area is 128 Å². The van der Waals surface area contributed by atoms with E-state index in [0.717, 1.165) is 6.07 Å². The Hall–Kier alpha value is 1.29. The second-order valence-corrected chi connectivity index (χ2v) is 2.63. The second-order valence-electron chi connectivity index (χ2n) is 2.63. The molecule has 0 unspecified atom stereocenters. The Bertz CT molecular complexity index is 242. The molecule has 0 N–H and O–H groups in total. The molecule has 0 saturated heterocycles. The van der Waals surface area contributed by atoms with Crippen LogP contribution in [0.15, 0.2) is 6.07 Å². The van der Waals surface area contributed by atoms with Gasteiger partial charge in [0.05, 0.1) is 0 Å². The van der Waals surface area contributed by atoms with Crippen LogP contribution in [-0.2, 0) is 65.4 Å². The van der Waals surface area contributed by atoms with E-state index in [4.69, 9.17) is 0 Å². The zero-order valence-electron chi connectivity index (χ0n) is 7.57. The number of hydrogen-bond donors (Lipinski definition) is 0. The van der Waals surface area contributed by atoms with E-state index in [-0.39, 0.29) is 76.9 Å². The SMILES string of the molecule is CC(C)c1c(F)[c-]c[c-]c1F.[Y].[Y]. The molecule has 2 radical (unpaired) electrons. The van der Waals surface area contributed by atoms with E-state index in [1.165, 1.54) is 0 Å². The largest absolute Gasteiger partial charge is 0.322 e. The molecule has 0 atom stereocenters. The summed E-state index contributed by atoms with van der Waals surface area (Å²) in [6, 6.07) is 5.64. The van der Waals surface area contributed by atoms with Gasteiger partial charge in [0.25, 0.3) is 0 Å². The second kappa shape index (κ2) is 7.56. The molecule has 1 aromatic rings. The van der Waals surface area contributed by atoms with Crippen molar-refractivity contribution < 1.29 is 74.2 Å². The molecule has 13 heavy (non-hydrogen) atoms. The fraction of sp³-hybridized carbons (Fsp3) is 0.333. The van der Waals surface area contributed by atoms with Crippen LogP contribution >= 0.6 is 0 Å². The van der Waals surface area contributed by atoms with Crippen molar-refractivity contribution in [2.45, 2.75) is 19.8 Å². The summed E-state index contributed by atoms with van der Waals surface area (Å²) in [4.78, 5) is 0. The predicted octanol–water partition coefficient (Wildman–Crippen LogP) is 2.68. The Kier molecular flexibility index (Phi) is 9.72. The van der Waals surface area contributed by atoms with Crippen LogP contribution in [0.4, 0.5) is 8.78 Å². The predicted molar refractivity (Wildman–Crippen MR) is 38.1 cm³/mol. The molecule has 66 valence electrons. The average Bonchev–Trinajstić information content (AvgIpc) is 1.85. The summed E-state index contributed by atoms with van der Waals surface area (Å²) >= 11 is 0. The van der Waals surface area contributed by atoms with E-state index in [1.807, 2.05) is 0 Å². The first kappa shape index (κ1) is 16.7. The van der Waals surface area contributed by atoms with Gasteiger partial charge in [-0.25, -0.2) is 5.56 Å². The number of rotatable bonds is 1.